The normalized spacial score (nSPS) is 10.7. The van der Waals surface area contributed by atoms with Crippen molar-refractivity contribution in [1.29, 1.82) is 0 Å². The Hall–Kier alpha value is -2.51. The predicted molar refractivity (Wildman–Crippen MR) is 84.6 cm³/mol. The van der Waals surface area contributed by atoms with Crippen molar-refractivity contribution in [3.63, 3.8) is 0 Å². The molecule has 0 aliphatic carbocycles. The highest BCUT2D eigenvalue weighted by molar-refractivity contribution is 6.37. The average Bonchev–Trinajstić information content (AvgIpc) is 2.49. The van der Waals surface area contributed by atoms with E-state index >= 15 is 0 Å². The second-order valence-corrected chi connectivity index (χ2v) is 5.10. The summed E-state index contributed by atoms with van der Waals surface area (Å²) in [6, 6.07) is 7.21. The molecule has 6 nitrogen and oxygen atoms in total. The fourth-order valence-corrected chi connectivity index (χ4v) is 2.12. The van der Waals surface area contributed by atoms with Crippen LogP contribution < -0.4 is 5.43 Å². The molecule has 0 aliphatic rings. The lowest BCUT2D eigenvalue weighted by atomic mass is 10.2. The zero-order chi connectivity index (χ0) is 17.0. The maximum absolute atomic E-state index is 12.8. The van der Waals surface area contributed by atoms with Gasteiger partial charge in [-0.2, -0.15) is 5.10 Å². The van der Waals surface area contributed by atoms with E-state index in [1.165, 1.54) is 18.2 Å². The molecule has 0 aliphatic heterocycles. The van der Waals surface area contributed by atoms with Crippen LogP contribution in [0, 0.1) is 15.9 Å². The molecule has 0 heterocycles. The Balaban J connectivity index is 2.14. The predicted octanol–water partition coefficient (Wildman–Crippen LogP) is 3.80. The van der Waals surface area contributed by atoms with Gasteiger partial charge in [0.1, 0.15) is 10.8 Å². The molecule has 0 bridgehead atoms. The number of nitro benzene ring substituents is 1. The average molecular weight is 356 g/mol. The summed E-state index contributed by atoms with van der Waals surface area (Å²) in [5, 5.41) is 14.5. The van der Waals surface area contributed by atoms with Gasteiger partial charge in [-0.05, 0) is 30.3 Å². The standard InChI is InChI=1S/C14H8Cl2FN3O3/c15-11-6-12(16)13(20(22)23)5-9(11)7-18-19-14(21)8-1-3-10(17)4-2-8/h1-7H,(H,19,21). The SMILES string of the molecule is O=C(NN=Cc1cc([N+](=O)[O-])c(Cl)cc1Cl)c1ccc(F)cc1. The van der Waals surface area contributed by atoms with Crippen molar-refractivity contribution in [2.45, 2.75) is 0 Å². The lowest BCUT2D eigenvalue weighted by Crippen LogP contribution is -2.17. The minimum Gasteiger partial charge on any atom is -0.267 e. The maximum Gasteiger partial charge on any atom is 0.288 e. The smallest absolute Gasteiger partial charge is 0.267 e. The van der Waals surface area contributed by atoms with Crippen molar-refractivity contribution >= 4 is 41.0 Å². The van der Waals surface area contributed by atoms with E-state index in [9.17, 15) is 19.3 Å². The second-order valence-electron chi connectivity index (χ2n) is 4.29. The van der Waals surface area contributed by atoms with Crippen LogP contribution in [0.2, 0.25) is 10.0 Å². The Morgan fingerprint density at radius 1 is 1.22 bits per heavy atom. The number of benzene rings is 2. The van der Waals surface area contributed by atoms with Gasteiger partial charge < -0.3 is 0 Å². The summed E-state index contributed by atoms with van der Waals surface area (Å²) in [5.41, 5.74) is 2.29. The van der Waals surface area contributed by atoms with Crippen molar-refractivity contribution in [2.75, 3.05) is 0 Å². The molecule has 1 N–H and O–H groups in total. The number of nitrogens with one attached hydrogen (secondary N) is 1. The van der Waals surface area contributed by atoms with E-state index in [1.807, 2.05) is 0 Å². The summed E-state index contributed by atoms with van der Waals surface area (Å²) < 4.78 is 12.8. The Morgan fingerprint density at radius 3 is 2.48 bits per heavy atom. The number of carbonyl (C=O) groups excluding carboxylic acids is 1. The van der Waals surface area contributed by atoms with E-state index in [-0.39, 0.29) is 26.9 Å². The van der Waals surface area contributed by atoms with E-state index in [1.54, 1.807) is 0 Å². The molecule has 9 heteroatoms. The highest BCUT2D eigenvalue weighted by Gasteiger charge is 2.15. The Kier molecular flexibility index (Phi) is 5.25. The van der Waals surface area contributed by atoms with Crippen molar-refractivity contribution in [2.24, 2.45) is 5.10 Å². The summed E-state index contributed by atoms with van der Waals surface area (Å²) in [6.07, 6.45) is 1.15. The molecule has 2 aromatic carbocycles. The third kappa shape index (κ3) is 4.24. The molecule has 23 heavy (non-hydrogen) atoms. The molecule has 0 unspecified atom stereocenters. The van der Waals surface area contributed by atoms with Crippen LogP contribution in [0.25, 0.3) is 0 Å². The van der Waals surface area contributed by atoms with E-state index in [0.717, 1.165) is 24.4 Å². The quantitative estimate of drug-likeness (QED) is 0.514. The third-order valence-corrected chi connectivity index (χ3v) is 3.37. The molecular formula is C14H8Cl2FN3O3. The molecule has 1 amide bonds. The van der Waals surface area contributed by atoms with Crippen LogP contribution in [0.1, 0.15) is 15.9 Å². The largest absolute Gasteiger partial charge is 0.288 e. The number of amides is 1. The van der Waals surface area contributed by atoms with Gasteiger partial charge in [0.05, 0.1) is 16.2 Å². The van der Waals surface area contributed by atoms with Crippen LogP contribution in [0.15, 0.2) is 41.5 Å². The van der Waals surface area contributed by atoms with Crippen LogP contribution in [-0.4, -0.2) is 17.0 Å². The number of nitrogens with zero attached hydrogens (tertiary/aromatic N) is 2. The molecule has 2 rings (SSSR count). The topological polar surface area (TPSA) is 84.6 Å². The molecular weight excluding hydrogens is 348 g/mol. The van der Waals surface area contributed by atoms with Crippen LogP contribution in [-0.2, 0) is 0 Å². The summed E-state index contributed by atoms with van der Waals surface area (Å²) >= 11 is 11.6. The zero-order valence-corrected chi connectivity index (χ0v) is 12.8. The number of halogens is 3. The minimum absolute atomic E-state index is 0.104. The lowest BCUT2D eigenvalue weighted by Gasteiger charge is -2.02. The van der Waals surface area contributed by atoms with Gasteiger partial charge in [0, 0.05) is 17.2 Å². The van der Waals surface area contributed by atoms with Gasteiger partial charge in [-0.25, -0.2) is 9.82 Å². The first-order chi connectivity index (χ1) is 10.9. The molecule has 118 valence electrons. The van der Waals surface area contributed by atoms with Gasteiger partial charge in [0.2, 0.25) is 0 Å². The molecule has 0 saturated heterocycles. The summed E-state index contributed by atoms with van der Waals surface area (Å²) in [4.78, 5) is 21.9. The van der Waals surface area contributed by atoms with Crippen molar-refractivity contribution in [3.05, 3.63) is 73.5 Å². The number of rotatable bonds is 4. The highest BCUT2D eigenvalue weighted by Crippen LogP contribution is 2.29. The van der Waals surface area contributed by atoms with Gasteiger partial charge in [-0.1, -0.05) is 23.2 Å². The second kappa shape index (κ2) is 7.17. The van der Waals surface area contributed by atoms with Gasteiger partial charge >= 0.3 is 0 Å². The fraction of sp³-hybridized carbons (Fsp3) is 0. The number of hydrogen-bond acceptors (Lipinski definition) is 4. The molecule has 0 aromatic heterocycles. The molecule has 0 spiro atoms. The zero-order valence-electron chi connectivity index (χ0n) is 11.3. The van der Waals surface area contributed by atoms with E-state index in [2.05, 4.69) is 10.5 Å². The number of hydrogen-bond donors (Lipinski definition) is 1. The molecule has 0 fully saturated rings. The number of nitro groups is 1. The first-order valence-electron chi connectivity index (χ1n) is 6.11. The number of carbonyl (C=O) groups is 1. The molecule has 0 atom stereocenters. The molecule has 0 radical (unpaired) electrons. The lowest BCUT2D eigenvalue weighted by molar-refractivity contribution is -0.384. The van der Waals surface area contributed by atoms with Gasteiger partial charge in [-0.15, -0.1) is 0 Å². The molecule has 2 aromatic rings. The first-order valence-corrected chi connectivity index (χ1v) is 6.86. The summed E-state index contributed by atoms with van der Waals surface area (Å²) in [7, 11) is 0. The van der Waals surface area contributed by atoms with Gasteiger partial charge in [0.25, 0.3) is 11.6 Å². The van der Waals surface area contributed by atoms with Crippen LogP contribution in [0.3, 0.4) is 0 Å². The Bertz CT molecular complexity index is 795. The van der Waals surface area contributed by atoms with Gasteiger partial charge in [0.15, 0.2) is 0 Å². The highest BCUT2D eigenvalue weighted by atomic mass is 35.5. The van der Waals surface area contributed by atoms with Gasteiger partial charge in [-0.3, -0.25) is 14.9 Å². The van der Waals surface area contributed by atoms with Crippen molar-refractivity contribution in [1.82, 2.24) is 5.43 Å². The van der Waals surface area contributed by atoms with E-state index in [0.29, 0.717) is 0 Å². The monoisotopic (exact) mass is 355 g/mol. The maximum atomic E-state index is 12.8. The summed E-state index contributed by atoms with van der Waals surface area (Å²) in [5.74, 6) is -1.04. The van der Waals surface area contributed by atoms with Crippen molar-refractivity contribution < 1.29 is 14.1 Å². The summed E-state index contributed by atoms with van der Waals surface area (Å²) in [6.45, 7) is 0. The van der Waals surface area contributed by atoms with E-state index in [4.69, 9.17) is 23.2 Å². The first kappa shape index (κ1) is 16.9. The molecule has 0 saturated carbocycles. The third-order valence-electron chi connectivity index (χ3n) is 2.74. The van der Waals surface area contributed by atoms with Crippen molar-refractivity contribution in [3.8, 4) is 0 Å². The Labute approximate surface area is 139 Å². The minimum atomic E-state index is -0.660. The Morgan fingerprint density at radius 2 is 1.87 bits per heavy atom. The van der Waals surface area contributed by atoms with E-state index < -0.39 is 16.6 Å². The number of hydrazone groups is 1. The van der Waals surface area contributed by atoms with Crippen LogP contribution in [0.4, 0.5) is 10.1 Å². The van der Waals surface area contributed by atoms with Crippen LogP contribution in [0.5, 0.6) is 0 Å². The fourth-order valence-electron chi connectivity index (χ4n) is 1.62. The van der Waals surface area contributed by atoms with Crippen LogP contribution >= 0.6 is 23.2 Å².